The van der Waals surface area contributed by atoms with Crippen LogP contribution in [-0.4, -0.2) is 47.1 Å². The van der Waals surface area contributed by atoms with Crippen LogP contribution in [0.5, 0.6) is 0 Å². The van der Waals surface area contributed by atoms with E-state index in [9.17, 15) is 19.2 Å². The number of nitrogens with zero attached hydrogens (tertiary/aromatic N) is 1. The van der Waals surface area contributed by atoms with Crippen LogP contribution in [0.4, 0.5) is 0 Å². The summed E-state index contributed by atoms with van der Waals surface area (Å²) in [6.07, 6.45) is 5.98. The van der Waals surface area contributed by atoms with Gasteiger partial charge in [-0.15, -0.1) is 0 Å². The van der Waals surface area contributed by atoms with Crippen LogP contribution in [0.15, 0.2) is 24.5 Å². The zero-order chi connectivity index (χ0) is 22.0. The molecule has 0 aliphatic heterocycles. The number of aldehydes is 1. The average Bonchev–Trinajstić information content (AvgIpc) is 2.68. The summed E-state index contributed by atoms with van der Waals surface area (Å²) in [5, 5.41) is 8.00. The molecule has 1 aromatic heterocycles. The topological polar surface area (TPSA) is 117 Å². The fraction of sp³-hybridized carbons (Fsp3) is 0.571. The van der Waals surface area contributed by atoms with Gasteiger partial charge in [-0.1, -0.05) is 40.5 Å². The Kier molecular flexibility index (Phi) is 9.44. The summed E-state index contributed by atoms with van der Waals surface area (Å²) >= 11 is 0. The molecule has 160 valence electrons. The molecule has 0 aromatic carbocycles. The molecule has 0 saturated carbocycles. The molecule has 29 heavy (non-hydrogen) atoms. The van der Waals surface area contributed by atoms with Gasteiger partial charge in [0.2, 0.25) is 11.8 Å². The predicted molar refractivity (Wildman–Crippen MR) is 110 cm³/mol. The lowest BCUT2D eigenvalue weighted by Gasteiger charge is -2.31. The average molecular weight is 405 g/mol. The maximum Gasteiger partial charge on any atom is 0.252 e. The molecule has 0 spiro atoms. The molecule has 0 aliphatic carbocycles. The number of hydrogen-bond acceptors (Lipinski definition) is 5. The van der Waals surface area contributed by atoms with E-state index in [0.29, 0.717) is 18.3 Å². The molecule has 3 N–H and O–H groups in total. The number of carbonyl (C=O) groups is 4. The minimum Gasteiger partial charge on any atom is -0.345 e. The molecule has 1 aromatic rings. The van der Waals surface area contributed by atoms with Gasteiger partial charge in [0.15, 0.2) is 0 Å². The van der Waals surface area contributed by atoms with Crippen LogP contribution in [0.1, 0.15) is 64.2 Å². The Hall–Kier alpha value is -2.77. The van der Waals surface area contributed by atoms with Crippen LogP contribution in [0.25, 0.3) is 0 Å². The molecule has 0 aliphatic rings. The van der Waals surface area contributed by atoms with E-state index in [1.807, 2.05) is 27.7 Å². The number of pyridine rings is 1. The standard InChI is InChI=1S/C21H32N4O4/c1-6-7-8-16(13-26)24-18(27)14(2)23-20(29)17(21(3,4)5)25-19(28)15-9-11-22-12-10-15/h9-14,16-17H,6-8H2,1-5H3,(H,23,29)(H,24,27)(H,25,28). The maximum absolute atomic E-state index is 12.8. The molecule has 1 heterocycles. The lowest BCUT2D eigenvalue weighted by Crippen LogP contribution is -2.57. The first-order chi connectivity index (χ1) is 13.6. The number of rotatable bonds is 10. The smallest absolute Gasteiger partial charge is 0.252 e. The van der Waals surface area contributed by atoms with Gasteiger partial charge >= 0.3 is 0 Å². The summed E-state index contributed by atoms with van der Waals surface area (Å²) in [6, 6.07) is 0.818. The van der Waals surface area contributed by atoms with Gasteiger partial charge in [-0.3, -0.25) is 19.4 Å². The van der Waals surface area contributed by atoms with Gasteiger partial charge in [-0.25, -0.2) is 0 Å². The zero-order valence-corrected chi connectivity index (χ0v) is 17.8. The Morgan fingerprint density at radius 2 is 1.69 bits per heavy atom. The van der Waals surface area contributed by atoms with Crippen LogP contribution >= 0.6 is 0 Å². The van der Waals surface area contributed by atoms with Crippen molar-refractivity contribution in [1.29, 1.82) is 0 Å². The Morgan fingerprint density at radius 3 is 2.21 bits per heavy atom. The summed E-state index contributed by atoms with van der Waals surface area (Å²) in [7, 11) is 0. The van der Waals surface area contributed by atoms with Crippen LogP contribution in [-0.2, 0) is 14.4 Å². The summed E-state index contributed by atoms with van der Waals surface area (Å²) in [5.74, 6) is -1.32. The fourth-order valence-corrected chi connectivity index (χ4v) is 2.66. The fourth-order valence-electron chi connectivity index (χ4n) is 2.66. The normalized spacial score (nSPS) is 14.2. The van der Waals surface area contributed by atoms with E-state index in [1.54, 1.807) is 19.1 Å². The van der Waals surface area contributed by atoms with Gasteiger partial charge in [0.05, 0.1) is 6.04 Å². The lowest BCUT2D eigenvalue weighted by atomic mass is 9.85. The van der Waals surface area contributed by atoms with Gasteiger partial charge in [0.25, 0.3) is 5.91 Å². The van der Waals surface area contributed by atoms with Crippen molar-refractivity contribution < 1.29 is 19.2 Å². The Labute approximate surface area is 172 Å². The molecule has 8 heteroatoms. The Bertz CT molecular complexity index is 700. The summed E-state index contributed by atoms with van der Waals surface area (Å²) in [5.41, 5.74) is -0.201. The number of carbonyl (C=O) groups excluding carboxylic acids is 4. The first-order valence-corrected chi connectivity index (χ1v) is 9.87. The third-order valence-corrected chi connectivity index (χ3v) is 4.46. The molecule has 1 rings (SSSR count). The van der Waals surface area contributed by atoms with E-state index in [2.05, 4.69) is 20.9 Å². The van der Waals surface area contributed by atoms with E-state index >= 15 is 0 Å². The van der Waals surface area contributed by atoms with Crippen molar-refractivity contribution in [3.63, 3.8) is 0 Å². The zero-order valence-electron chi connectivity index (χ0n) is 17.8. The number of hydrogen-bond donors (Lipinski definition) is 3. The highest BCUT2D eigenvalue weighted by molar-refractivity contribution is 5.98. The maximum atomic E-state index is 12.8. The molecule has 3 unspecified atom stereocenters. The lowest BCUT2D eigenvalue weighted by molar-refractivity contribution is -0.131. The van der Waals surface area contributed by atoms with Crippen LogP contribution in [0.2, 0.25) is 0 Å². The highest BCUT2D eigenvalue weighted by atomic mass is 16.2. The van der Waals surface area contributed by atoms with Crippen LogP contribution < -0.4 is 16.0 Å². The van der Waals surface area contributed by atoms with Crippen LogP contribution in [0, 0.1) is 5.41 Å². The van der Waals surface area contributed by atoms with Crippen molar-refractivity contribution in [3.8, 4) is 0 Å². The molecular formula is C21H32N4O4. The van der Waals surface area contributed by atoms with Crippen molar-refractivity contribution in [1.82, 2.24) is 20.9 Å². The van der Waals surface area contributed by atoms with E-state index in [1.165, 1.54) is 12.4 Å². The molecule has 3 amide bonds. The third-order valence-electron chi connectivity index (χ3n) is 4.46. The highest BCUT2D eigenvalue weighted by Crippen LogP contribution is 2.20. The van der Waals surface area contributed by atoms with E-state index in [-0.39, 0.29) is 0 Å². The first-order valence-electron chi connectivity index (χ1n) is 9.87. The van der Waals surface area contributed by atoms with Gasteiger partial charge in [-0.2, -0.15) is 0 Å². The van der Waals surface area contributed by atoms with E-state index in [4.69, 9.17) is 0 Å². The second-order valence-corrected chi connectivity index (χ2v) is 8.13. The van der Waals surface area contributed by atoms with Crippen LogP contribution in [0.3, 0.4) is 0 Å². The molecule has 0 radical (unpaired) electrons. The largest absolute Gasteiger partial charge is 0.345 e. The van der Waals surface area contributed by atoms with E-state index < -0.39 is 41.3 Å². The minimum absolute atomic E-state index is 0.387. The number of amides is 3. The highest BCUT2D eigenvalue weighted by Gasteiger charge is 2.34. The van der Waals surface area contributed by atoms with Crippen molar-refractivity contribution in [3.05, 3.63) is 30.1 Å². The number of nitrogens with one attached hydrogen (secondary N) is 3. The molecule has 0 saturated heterocycles. The second kappa shape index (κ2) is 11.3. The molecular weight excluding hydrogens is 372 g/mol. The van der Waals surface area contributed by atoms with Crippen molar-refractivity contribution in [2.75, 3.05) is 0 Å². The quantitative estimate of drug-likeness (QED) is 0.512. The first kappa shape index (κ1) is 24.3. The Morgan fingerprint density at radius 1 is 1.07 bits per heavy atom. The van der Waals surface area contributed by atoms with Crippen molar-refractivity contribution in [2.45, 2.75) is 72.0 Å². The summed E-state index contributed by atoms with van der Waals surface area (Å²) in [4.78, 5) is 52.6. The summed E-state index contributed by atoms with van der Waals surface area (Å²) < 4.78 is 0. The number of unbranched alkanes of at least 4 members (excludes halogenated alkanes) is 1. The van der Waals surface area contributed by atoms with Crippen molar-refractivity contribution >= 4 is 24.0 Å². The van der Waals surface area contributed by atoms with Crippen molar-refractivity contribution in [2.24, 2.45) is 5.41 Å². The summed E-state index contributed by atoms with van der Waals surface area (Å²) in [6.45, 7) is 9.00. The monoisotopic (exact) mass is 404 g/mol. The predicted octanol–water partition coefficient (Wildman–Crippen LogP) is 1.60. The SMILES string of the molecule is CCCCC(C=O)NC(=O)C(C)NC(=O)C(NC(=O)c1ccncc1)C(C)(C)C. The number of aromatic nitrogens is 1. The Balaban J connectivity index is 2.78. The van der Waals surface area contributed by atoms with Gasteiger partial charge in [-0.05, 0) is 30.9 Å². The molecule has 0 fully saturated rings. The molecule has 0 bridgehead atoms. The minimum atomic E-state index is -0.861. The molecule has 8 nitrogen and oxygen atoms in total. The van der Waals surface area contributed by atoms with E-state index in [0.717, 1.165) is 12.8 Å². The molecule has 3 atom stereocenters. The third kappa shape index (κ3) is 8.01. The van der Waals surface area contributed by atoms with Gasteiger partial charge in [0.1, 0.15) is 18.4 Å². The van der Waals surface area contributed by atoms with Gasteiger partial charge in [0, 0.05) is 18.0 Å². The van der Waals surface area contributed by atoms with Gasteiger partial charge < -0.3 is 20.7 Å². The second-order valence-electron chi connectivity index (χ2n) is 8.13.